The summed E-state index contributed by atoms with van der Waals surface area (Å²) < 4.78 is 4.91. The van der Waals surface area contributed by atoms with Crippen molar-refractivity contribution in [2.24, 2.45) is 0 Å². The van der Waals surface area contributed by atoms with E-state index in [1.54, 1.807) is 18.3 Å². The molecule has 0 bridgehead atoms. The van der Waals surface area contributed by atoms with E-state index in [0.29, 0.717) is 5.75 Å². The first-order valence-electron chi connectivity index (χ1n) is 3.41. The Morgan fingerprint density at radius 2 is 2.42 bits per heavy atom. The molecule has 0 saturated heterocycles. The maximum Gasteiger partial charge on any atom is 0.308 e. The molecule has 0 saturated carbocycles. The molecule has 0 aliphatic heterocycles. The maximum atomic E-state index is 10.6. The summed E-state index contributed by atoms with van der Waals surface area (Å²) in [5.74, 6) is 0.204. The van der Waals surface area contributed by atoms with Crippen LogP contribution in [0, 0.1) is 0 Å². The van der Waals surface area contributed by atoms with Crippen LogP contribution in [0.1, 0.15) is 6.92 Å². The topological polar surface area (TPSA) is 39.2 Å². The highest BCUT2D eigenvalue weighted by Crippen LogP contribution is 2.23. The lowest BCUT2D eigenvalue weighted by Gasteiger charge is -2.03. The van der Waals surface area contributed by atoms with E-state index in [-0.39, 0.29) is 5.97 Å². The Morgan fingerprint density at radius 3 is 3.00 bits per heavy atom. The van der Waals surface area contributed by atoms with E-state index in [0.717, 1.165) is 5.03 Å². The van der Waals surface area contributed by atoms with Crippen LogP contribution in [0.2, 0.25) is 0 Å². The predicted octanol–water partition coefficient (Wildman–Crippen LogP) is 1.73. The van der Waals surface area contributed by atoms with E-state index in [4.69, 9.17) is 4.74 Å². The Bertz CT molecular complexity index is 288. The number of hydrogen-bond donors (Lipinski definition) is 0. The molecule has 1 rings (SSSR count). The largest absolute Gasteiger partial charge is 0.424 e. The average Bonchev–Trinajstić information content (AvgIpc) is 2.04. The smallest absolute Gasteiger partial charge is 0.308 e. The number of thioether (sulfide) groups is 1. The molecule has 0 spiro atoms. The zero-order valence-electron chi connectivity index (χ0n) is 6.90. The normalized spacial score (nSPS) is 9.50. The molecule has 0 aliphatic carbocycles. The Morgan fingerprint density at radius 1 is 1.67 bits per heavy atom. The van der Waals surface area contributed by atoms with E-state index in [9.17, 15) is 4.79 Å². The Hall–Kier alpha value is -1.03. The summed E-state index contributed by atoms with van der Waals surface area (Å²) in [6.45, 7) is 1.37. The van der Waals surface area contributed by atoms with Gasteiger partial charge >= 0.3 is 5.97 Å². The third-order valence-corrected chi connectivity index (χ3v) is 1.88. The summed E-state index contributed by atoms with van der Waals surface area (Å²) in [7, 11) is 0. The van der Waals surface area contributed by atoms with Crippen molar-refractivity contribution < 1.29 is 9.53 Å². The fraction of sp³-hybridized carbons (Fsp3) is 0.250. The first kappa shape index (κ1) is 9.06. The van der Waals surface area contributed by atoms with Crippen LogP contribution in [0.5, 0.6) is 5.75 Å². The Labute approximate surface area is 75.1 Å². The van der Waals surface area contributed by atoms with Gasteiger partial charge in [-0.1, -0.05) is 0 Å². The molecular formula is C8H9NO2S. The molecule has 3 nitrogen and oxygen atoms in total. The molecule has 1 heterocycles. The van der Waals surface area contributed by atoms with Crippen molar-refractivity contribution in [2.45, 2.75) is 11.9 Å². The van der Waals surface area contributed by atoms with Crippen LogP contribution in [0.15, 0.2) is 23.4 Å². The highest BCUT2D eigenvalue weighted by Gasteiger charge is 2.04. The molecule has 64 valence electrons. The van der Waals surface area contributed by atoms with Crippen LogP contribution in [0.3, 0.4) is 0 Å². The van der Waals surface area contributed by atoms with Gasteiger partial charge in [-0.25, -0.2) is 4.98 Å². The number of nitrogens with zero attached hydrogens (tertiary/aromatic N) is 1. The second-order valence-corrected chi connectivity index (χ2v) is 2.90. The second-order valence-electron chi connectivity index (χ2n) is 2.10. The van der Waals surface area contributed by atoms with E-state index in [1.807, 2.05) is 6.26 Å². The number of hydrogen-bond acceptors (Lipinski definition) is 4. The molecule has 4 heteroatoms. The molecule has 1 aromatic rings. The minimum atomic E-state index is -0.321. The zero-order valence-corrected chi connectivity index (χ0v) is 7.72. The number of aromatic nitrogens is 1. The highest BCUT2D eigenvalue weighted by atomic mass is 32.2. The van der Waals surface area contributed by atoms with Gasteiger partial charge in [0.15, 0.2) is 5.75 Å². The number of pyridine rings is 1. The van der Waals surface area contributed by atoms with Crippen LogP contribution >= 0.6 is 11.8 Å². The third-order valence-electron chi connectivity index (χ3n) is 1.18. The van der Waals surface area contributed by atoms with Crippen molar-refractivity contribution in [3.05, 3.63) is 18.3 Å². The van der Waals surface area contributed by atoms with Gasteiger partial charge in [0.05, 0.1) is 0 Å². The monoisotopic (exact) mass is 183 g/mol. The summed E-state index contributed by atoms with van der Waals surface area (Å²) in [6, 6.07) is 3.46. The zero-order chi connectivity index (χ0) is 8.97. The van der Waals surface area contributed by atoms with Crippen LogP contribution < -0.4 is 4.74 Å². The Balaban J connectivity index is 2.89. The lowest BCUT2D eigenvalue weighted by molar-refractivity contribution is -0.132. The molecule has 0 fully saturated rings. The minimum absolute atomic E-state index is 0.321. The Kier molecular flexibility index (Phi) is 3.10. The second kappa shape index (κ2) is 4.11. The fourth-order valence-corrected chi connectivity index (χ4v) is 1.24. The van der Waals surface area contributed by atoms with Crippen LogP contribution in [-0.4, -0.2) is 17.2 Å². The fourth-order valence-electron chi connectivity index (χ4n) is 0.762. The van der Waals surface area contributed by atoms with Gasteiger partial charge in [0.1, 0.15) is 5.03 Å². The molecule has 0 atom stereocenters. The first-order chi connectivity index (χ1) is 5.74. The van der Waals surface area contributed by atoms with Gasteiger partial charge in [-0.3, -0.25) is 4.79 Å². The lowest BCUT2D eigenvalue weighted by Crippen LogP contribution is -2.02. The van der Waals surface area contributed by atoms with Crippen LogP contribution in [-0.2, 0) is 4.79 Å². The van der Waals surface area contributed by atoms with Gasteiger partial charge in [-0.15, -0.1) is 11.8 Å². The lowest BCUT2D eigenvalue weighted by atomic mass is 10.5. The minimum Gasteiger partial charge on any atom is -0.424 e. The van der Waals surface area contributed by atoms with Crippen molar-refractivity contribution >= 4 is 17.7 Å². The van der Waals surface area contributed by atoms with Crippen molar-refractivity contribution in [3.63, 3.8) is 0 Å². The van der Waals surface area contributed by atoms with Gasteiger partial charge in [-0.2, -0.15) is 0 Å². The van der Waals surface area contributed by atoms with Crippen molar-refractivity contribution in [2.75, 3.05) is 6.26 Å². The molecule has 1 aromatic heterocycles. The number of esters is 1. The van der Waals surface area contributed by atoms with E-state index in [2.05, 4.69) is 4.98 Å². The molecule has 0 aromatic carbocycles. The summed E-state index contributed by atoms with van der Waals surface area (Å²) in [5.41, 5.74) is 0. The van der Waals surface area contributed by atoms with Crippen molar-refractivity contribution in [3.8, 4) is 5.75 Å². The van der Waals surface area contributed by atoms with Gasteiger partial charge < -0.3 is 4.74 Å². The summed E-state index contributed by atoms with van der Waals surface area (Å²) >= 11 is 1.45. The molecular weight excluding hydrogens is 174 g/mol. The average molecular weight is 183 g/mol. The molecule has 0 aliphatic rings. The first-order valence-corrected chi connectivity index (χ1v) is 4.64. The maximum absolute atomic E-state index is 10.6. The van der Waals surface area contributed by atoms with Crippen molar-refractivity contribution in [1.82, 2.24) is 4.98 Å². The molecule has 0 radical (unpaired) electrons. The SMILES string of the molecule is CSc1ncccc1OC(C)=O. The quantitative estimate of drug-likeness (QED) is 0.517. The summed E-state index contributed by atoms with van der Waals surface area (Å²) in [5, 5.41) is 0.729. The number of ether oxygens (including phenoxy) is 1. The van der Waals surface area contributed by atoms with Gasteiger partial charge in [-0.05, 0) is 18.4 Å². The third kappa shape index (κ3) is 2.23. The standard InChI is InChI=1S/C8H9NO2S/c1-6(10)11-7-4-3-5-9-8(7)12-2/h3-5H,1-2H3. The number of rotatable bonds is 2. The predicted molar refractivity (Wildman–Crippen MR) is 47.3 cm³/mol. The van der Waals surface area contributed by atoms with Gasteiger partial charge in [0.25, 0.3) is 0 Å². The van der Waals surface area contributed by atoms with E-state index < -0.39 is 0 Å². The van der Waals surface area contributed by atoms with Gasteiger partial charge in [0.2, 0.25) is 0 Å². The molecule has 0 N–H and O–H groups in total. The number of carbonyl (C=O) groups is 1. The van der Waals surface area contributed by atoms with Gasteiger partial charge in [0, 0.05) is 13.1 Å². The van der Waals surface area contributed by atoms with Crippen LogP contribution in [0.25, 0.3) is 0 Å². The van der Waals surface area contributed by atoms with E-state index in [1.165, 1.54) is 18.7 Å². The van der Waals surface area contributed by atoms with E-state index >= 15 is 0 Å². The van der Waals surface area contributed by atoms with Crippen LogP contribution in [0.4, 0.5) is 0 Å². The summed E-state index contributed by atoms with van der Waals surface area (Å²) in [6.07, 6.45) is 3.55. The molecule has 0 amide bonds. The van der Waals surface area contributed by atoms with Crippen molar-refractivity contribution in [1.29, 1.82) is 0 Å². The molecule has 0 unspecified atom stereocenters. The summed E-state index contributed by atoms with van der Waals surface area (Å²) in [4.78, 5) is 14.7. The highest BCUT2D eigenvalue weighted by molar-refractivity contribution is 7.98. The molecule has 12 heavy (non-hydrogen) atoms. The number of carbonyl (C=O) groups excluding carboxylic acids is 1.